The summed E-state index contributed by atoms with van der Waals surface area (Å²) >= 11 is 0. The number of ether oxygens (including phenoxy) is 2. The average molecular weight is 417 g/mol. The highest BCUT2D eigenvalue weighted by molar-refractivity contribution is 6.11. The Hall–Kier alpha value is -3.87. The van der Waals surface area contributed by atoms with Crippen LogP contribution in [0.4, 0.5) is 11.4 Å². The fourth-order valence-corrected chi connectivity index (χ4v) is 3.53. The number of anilines is 2. The number of benzene rings is 2. The first-order valence-corrected chi connectivity index (χ1v) is 10.2. The van der Waals surface area contributed by atoms with E-state index in [1.165, 1.54) is 0 Å². The summed E-state index contributed by atoms with van der Waals surface area (Å²) in [5.41, 5.74) is 3.15. The molecule has 7 heteroatoms. The summed E-state index contributed by atoms with van der Waals surface area (Å²) in [4.78, 5) is 31.2. The molecular formula is C24H23N3O4. The van der Waals surface area contributed by atoms with Crippen molar-refractivity contribution in [1.29, 1.82) is 0 Å². The Labute approximate surface area is 180 Å². The van der Waals surface area contributed by atoms with E-state index in [9.17, 15) is 9.59 Å². The van der Waals surface area contributed by atoms with Crippen LogP contribution in [-0.2, 0) is 4.74 Å². The molecule has 1 aromatic heterocycles. The summed E-state index contributed by atoms with van der Waals surface area (Å²) in [7, 11) is 0. The van der Waals surface area contributed by atoms with Gasteiger partial charge in [-0.15, -0.1) is 0 Å². The van der Waals surface area contributed by atoms with E-state index in [1.807, 2.05) is 31.2 Å². The molecule has 0 aliphatic carbocycles. The molecule has 4 rings (SSSR count). The average Bonchev–Trinajstić information content (AvgIpc) is 3.07. The third-order valence-electron chi connectivity index (χ3n) is 4.93. The third kappa shape index (κ3) is 4.07. The molecule has 7 nitrogen and oxygen atoms in total. The van der Waals surface area contributed by atoms with Crippen LogP contribution in [0.15, 0.2) is 66.9 Å². The van der Waals surface area contributed by atoms with E-state index in [1.54, 1.807) is 54.4 Å². The molecule has 1 atom stereocenters. The number of aromatic nitrogens is 1. The number of carbonyl (C=O) groups is 2. The van der Waals surface area contributed by atoms with Crippen molar-refractivity contribution in [2.75, 3.05) is 23.4 Å². The van der Waals surface area contributed by atoms with Crippen LogP contribution in [0.2, 0.25) is 0 Å². The van der Waals surface area contributed by atoms with Gasteiger partial charge in [-0.25, -0.2) is 4.79 Å². The second-order valence-electron chi connectivity index (χ2n) is 6.88. The standard InChI is InChI=1S/C24H23N3O4/c1-3-30-19-13-11-18(12-14-19)27-22(21-20(23(27)28)6-5-15-25-21)26-17-9-7-16(8-10-17)24(29)31-4-2/h5-15,22,26H,3-4H2,1-2H3/t22-/m0/s1. The number of pyridine rings is 1. The van der Waals surface area contributed by atoms with Gasteiger partial charge in [0.15, 0.2) is 6.17 Å². The van der Waals surface area contributed by atoms with Gasteiger partial charge in [0.1, 0.15) is 5.75 Å². The first-order valence-electron chi connectivity index (χ1n) is 10.2. The van der Waals surface area contributed by atoms with Crippen LogP contribution < -0.4 is 15.0 Å². The largest absolute Gasteiger partial charge is 0.494 e. The molecular weight excluding hydrogens is 394 g/mol. The number of esters is 1. The first-order chi connectivity index (χ1) is 15.1. The number of carbonyl (C=O) groups excluding carboxylic acids is 2. The Morgan fingerprint density at radius 1 is 1.03 bits per heavy atom. The zero-order valence-electron chi connectivity index (χ0n) is 17.4. The van der Waals surface area contributed by atoms with Crippen molar-refractivity contribution < 1.29 is 19.1 Å². The Balaban J connectivity index is 1.64. The maximum Gasteiger partial charge on any atom is 0.338 e. The minimum Gasteiger partial charge on any atom is -0.494 e. The number of amides is 1. The van der Waals surface area contributed by atoms with Crippen molar-refractivity contribution >= 4 is 23.3 Å². The summed E-state index contributed by atoms with van der Waals surface area (Å²) < 4.78 is 10.5. The number of rotatable bonds is 7. The van der Waals surface area contributed by atoms with Crippen molar-refractivity contribution in [3.8, 4) is 5.75 Å². The summed E-state index contributed by atoms with van der Waals surface area (Å²) in [6, 6.07) is 17.9. The lowest BCUT2D eigenvalue weighted by Gasteiger charge is -2.26. The van der Waals surface area contributed by atoms with Gasteiger partial charge >= 0.3 is 5.97 Å². The number of nitrogens with one attached hydrogen (secondary N) is 1. The second kappa shape index (κ2) is 8.87. The molecule has 3 aromatic rings. The van der Waals surface area contributed by atoms with Gasteiger partial charge in [-0.3, -0.25) is 14.7 Å². The maximum atomic E-state index is 13.2. The third-order valence-corrected chi connectivity index (χ3v) is 4.93. The molecule has 0 bridgehead atoms. The van der Waals surface area contributed by atoms with E-state index in [2.05, 4.69) is 10.3 Å². The maximum absolute atomic E-state index is 13.2. The Bertz CT molecular complexity index is 1080. The highest BCUT2D eigenvalue weighted by Crippen LogP contribution is 2.37. The lowest BCUT2D eigenvalue weighted by Crippen LogP contribution is -2.32. The van der Waals surface area contributed by atoms with E-state index in [-0.39, 0.29) is 11.9 Å². The van der Waals surface area contributed by atoms with Gasteiger partial charge in [0.05, 0.1) is 30.0 Å². The molecule has 158 valence electrons. The quantitative estimate of drug-likeness (QED) is 0.573. The number of fused-ring (bicyclic) bond motifs is 1. The first kappa shape index (κ1) is 20.4. The van der Waals surface area contributed by atoms with E-state index < -0.39 is 6.17 Å². The molecule has 1 aliphatic rings. The molecule has 2 heterocycles. The monoisotopic (exact) mass is 417 g/mol. The molecule has 31 heavy (non-hydrogen) atoms. The van der Waals surface area contributed by atoms with Crippen molar-refractivity contribution in [2.45, 2.75) is 20.0 Å². The molecule has 1 N–H and O–H groups in total. The zero-order valence-corrected chi connectivity index (χ0v) is 17.4. The molecule has 0 fully saturated rings. The lowest BCUT2D eigenvalue weighted by molar-refractivity contribution is 0.0526. The summed E-state index contributed by atoms with van der Waals surface area (Å²) in [5.74, 6) is 0.244. The smallest absolute Gasteiger partial charge is 0.338 e. The summed E-state index contributed by atoms with van der Waals surface area (Å²) in [6.45, 7) is 4.59. The molecule has 0 saturated carbocycles. The minimum absolute atomic E-state index is 0.132. The Morgan fingerprint density at radius 3 is 2.45 bits per heavy atom. The number of hydrogen-bond acceptors (Lipinski definition) is 6. The lowest BCUT2D eigenvalue weighted by atomic mass is 10.2. The van der Waals surface area contributed by atoms with Gasteiger partial charge < -0.3 is 14.8 Å². The van der Waals surface area contributed by atoms with E-state index in [0.29, 0.717) is 30.0 Å². The van der Waals surface area contributed by atoms with Crippen LogP contribution in [0.5, 0.6) is 5.75 Å². The van der Waals surface area contributed by atoms with Crippen molar-refractivity contribution in [2.24, 2.45) is 0 Å². The molecule has 0 spiro atoms. The molecule has 0 unspecified atom stereocenters. The molecule has 1 amide bonds. The molecule has 0 radical (unpaired) electrons. The normalized spacial score (nSPS) is 14.8. The Kier molecular flexibility index (Phi) is 5.84. The minimum atomic E-state index is -0.491. The van der Waals surface area contributed by atoms with Crippen molar-refractivity contribution in [3.05, 3.63) is 83.7 Å². The van der Waals surface area contributed by atoms with Crippen molar-refractivity contribution in [3.63, 3.8) is 0 Å². The topological polar surface area (TPSA) is 80.8 Å². The van der Waals surface area contributed by atoms with Crippen LogP contribution >= 0.6 is 0 Å². The SMILES string of the molecule is CCOC(=O)c1ccc(N[C@@H]2c3ncccc3C(=O)N2c2ccc(OCC)cc2)cc1. The predicted molar refractivity (Wildman–Crippen MR) is 117 cm³/mol. The second-order valence-corrected chi connectivity index (χ2v) is 6.88. The molecule has 1 aliphatic heterocycles. The van der Waals surface area contributed by atoms with Gasteiger partial charge in [-0.05, 0) is 74.5 Å². The van der Waals surface area contributed by atoms with Gasteiger partial charge in [0.25, 0.3) is 5.91 Å². The number of hydrogen-bond donors (Lipinski definition) is 1. The van der Waals surface area contributed by atoms with Crippen LogP contribution in [0.3, 0.4) is 0 Å². The highest BCUT2D eigenvalue weighted by Gasteiger charge is 2.39. The summed E-state index contributed by atoms with van der Waals surface area (Å²) in [5, 5.41) is 3.37. The van der Waals surface area contributed by atoms with Gasteiger partial charge in [0, 0.05) is 17.6 Å². The molecule has 0 saturated heterocycles. The van der Waals surface area contributed by atoms with Gasteiger partial charge in [-0.1, -0.05) is 0 Å². The van der Waals surface area contributed by atoms with Crippen LogP contribution in [0, 0.1) is 0 Å². The van der Waals surface area contributed by atoms with E-state index in [4.69, 9.17) is 9.47 Å². The van der Waals surface area contributed by atoms with Crippen LogP contribution in [-0.4, -0.2) is 30.1 Å². The fourth-order valence-electron chi connectivity index (χ4n) is 3.53. The van der Waals surface area contributed by atoms with E-state index in [0.717, 1.165) is 17.1 Å². The highest BCUT2D eigenvalue weighted by atomic mass is 16.5. The fraction of sp³-hybridized carbons (Fsp3) is 0.208. The molecule has 2 aromatic carbocycles. The van der Waals surface area contributed by atoms with Gasteiger partial charge in [-0.2, -0.15) is 0 Å². The van der Waals surface area contributed by atoms with E-state index >= 15 is 0 Å². The number of nitrogens with zero attached hydrogens (tertiary/aromatic N) is 2. The van der Waals surface area contributed by atoms with Crippen LogP contribution in [0.1, 0.15) is 46.4 Å². The van der Waals surface area contributed by atoms with Crippen LogP contribution in [0.25, 0.3) is 0 Å². The predicted octanol–water partition coefficient (Wildman–Crippen LogP) is 4.43. The Morgan fingerprint density at radius 2 is 1.77 bits per heavy atom. The summed E-state index contributed by atoms with van der Waals surface area (Å²) in [6.07, 6.45) is 1.18. The van der Waals surface area contributed by atoms with Gasteiger partial charge in [0.2, 0.25) is 0 Å². The van der Waals surface area contributed by atoms with Crippen molar-refractivity contribution in [1.82, 2.24) is 4.98 Å². The zero-order chi connectivity index (χ0) is 21.8.